The minimum Gasteiger partial charge on any atom is -0.388 e. The normalized spacial score (nSPS) is 12.7. The molecular weight excluding hydrogens is 327 g/mol. The molecule has 0 saturated carbocycles. The molecule has 17 heavy (non-hydrogen) atoms. The van der Waals surface area contributed by atoms with Gasteiger partial charge in [0.1, 0.15) is 5.82 Å². The van der Waals surface area contributed by atoms with Crippen LogP contribution in [0.5, 0.6) is 0 Å². The second kappa shape index (κ2) is 5.48. The molecule has 90 valence electrons. The van der Waals surface area contributed by atoms with E-state index in [4.69, 9.17) is 11.6 Å². The van der Waals surface area contributed by atoms with Gasteiger partial charge in [-0.15, -0.1) is 11.3 Å². The van der Waals surface area contributed by atoms with Crippen LogP contribution >= 0.6 is 38.9 Å². The number of rotatable bonds is 3. The van der Waals surface area contributed by atoms with E-state index in [1.807, 2.05) is 11.4 Å². The van der Waals surface area contributed by atoms with Gasteiger partial charge in [0.2, 0.25) is 0 Å². The molecule has 0 amide bonds. The van der Waals surface area contributed by atoms with Gasteiger partial charge >= 0.3 is 0 Å². The molecule has 0 radical (unpaired) electrons. The molecule has 0 saturated heterocycles. The van der Waals surface area contributed by atoms with Crippen molar-refractivity contribution in [3.05, 3.63) is 55.4 Å². The lowest BCUT2D eigenvalue weighted by Gasteiger charge is -2.11. The quantitative estimate of drug-likeness (QED) is 0.870. The summed E-state index contributed by atoms with van der Waals surface area (Å²) in [6, 6.07) is 6.11. The molecular formula is C12H9BrClFOS. The maximum absolute atomic E-state index is 13.5. The second-order valence-corrected chi connectivity index (χ2v) is 5.96. The van der Waals surface area contributed by atoms with Gasteiger partial charge in [0, 0.05) is 31.7 Å². The number of halogens is 3. The van der Waals surface area contributed by atoms with Gasteiger partial charge in [0.15, 0.2) is 0 Å². The van der Waals surface area contributed by atoms with Crippen molar-refractivity contribution in [1.29, 1.82) is 0 Å². The molecule has 0 fully saturated rings. The van der Waals surface area contributed by atoms with Crippen LogP contribution in [0.25, 0.3) is 0 Å². The third-order valence-corrected chi connectivity index (χ3v) is 4.29. The zero-order valence-corrected chi connectivity index (χ0v) is 11.8. The van der Waals surface area contributed by atoms with Crippen LogP contribution in [0.15, 0.2) is 34.1 Å². The Bertz CT molecular complexity index is 529. The third-order valence-electron chi connectivity index (χ3n) is 2.33. The summed E-state index contributed by atoms with van der Waals surface area (Å²) in [5.41, 5.74) is 0.238. The monoisotopic (exact) mass is 334 g/mol. The Morgan fingerprint density at radius 3 is 2.82 bits per heavy atom. The SMILES string of the molecule is OC(Cc1cc(Br)cs1)c1cc(Cl)ccc1F. The van der Waals surface area contributed by atoms with E-state index in [0.717, 1.165) is 9.35 Å². The topological polar surface area (TPSA) is 20.2 Å². The summed E-state index contributed by atoms with van der Waals surface area (Å²) in [6.07, 6.45) is -0.493. The van der Waals surface area contributed by atoms with Gasteiger partial charge < -0.3 is 5.11 Å². The maximum Gasteiger partial charge on any atom is 0.129 e. The van der Waals surface area contributed by atoms with E-state index in [1.165, 1.54) is 29.5 Å². The van der Waals surface area contributed by atoms with E-state index in [2.05, 4.69) is 15.9 Å². The van der Waals surface area contributed by atoms with Crippen molar-refractivity contribution in [2.45, 2.75) is 12.5 Å². The molecule has 2 aromatic rings. The average molecular weight is 336 g/mol. The number of hydrogen-bond acceptors (Lipinski definition) is 2. The lowest BCUT2D eigenvalue weighted by molar-refractivity contribution is 0.174. The van der Waals surface area contributed by atoms with Gasteiger partial charge in [-0.1, -0.05) is 11.6 Å². The molecule has 0 aliphatic carbocycles. The van der Waals surface area contributed by atoms with E-state index in [1.54, 1.807) is 0 Å². The molecule has 2 rings (SSSR count). The molecule has 1 atom stereocenters. The number of thiophene rings is 1. The largest absolute Gasteiger partial charge is 0.388 e. The Kier molecular flexibility index (Phi) is 4.20. The number of benzene rings is 1. The summed E-state index contributed by atoms with van der Waals surface area (Å²) < 4.78 is 14.5. The van der Waals surface area contributed by atoms with E-state index in [-0.39, 0.29) is 5.56 Å². The maximum atomic E-state index is 13.5. The van der Waals surface area contributed by atoms with E-state index < -0.39 is 11.9 Å². The molecule has 1 N–H and O–H groups in total. The van der Waals surface area contributed by atoms with E-state index in [0.29, 0.717) is 11.4 Å². The summed E-state index contributed by atoms with van der Waals surface area (Å²) in [6.45, 7) is 0. The van der Waals surface area contributed by atoms with Crippen molar-refractivity contribution in [2.24, 2.45) is 0 Å². The Morgan fingerprint density at radius 2 is 2.18 bits per heavy atom. The predicted molar refractivity (Wildman–Crippen MR) is 72.1 cm³/mol. The van der Waals surface area contributed by atoms with Gasteiger partial charge in [0.05, 0.1) is 6.10 Å². The van der Waals surface area contributed by atoms with Gasteiger partial charge in [-0.25, -0.2) is 4.39 Å². The number of hydrogen-bond donors (Lipinski definition) is 1. The first-order valence-corrected chi connectivity index (χ1v) is 6.97. The predicted octanol–water partition coefficient (Wildman–Crippen LogP) is 4.58. The zero-order valence-electron chi connectivity index (χ0n) is 8.66. The first-order chi connectivity index (χ1) is 8.06. The van der Waals surface area contributed by atoms with Crippen LogP contribution in [0, 0.1) is 5.82 Å². The molecule has 0 bridgehead atoms. The van der Waals surface area contributed by atoms with Crippen molar-refractivity contribution < 1.29 is 9.50 Å². The fraction of sp³-hybridized carbons (Fsp3) is 0.167. The highest BCUT2D eigenvalue weighted by Gasteiger charge is 2.14. The number of aliphatic hydroxyl groups excluding tert-OH is 1. The first kappa shape index (κ1) is 13.0. The lowest BCUT2D eigenvalue weighted by atomic mass is 10.1. The van der Waals surface area contributed by atoms with Crippen LogP contribution in [0.4, 0.5) is 4.39 Å². The Labute approximate surface area is 116 Å². The van der Waals surface area contributed by atoms with Gasteiger partial charge in [-0.3, -0.25) is 0 Å². The summed E-state index contributed by atoms with van der Waals surface area (Å²) in [5.74, 6) is -0.433. The molecule has 5 heteroatoms. The van der Waals surface area contributed by atoms with Crippen molar-refractivity contribution >= 4 is 38.9 Å². The van der Waals surface area contributed by atoms with Crippen molar-refractivity contribution in [3.8, 4) is 0 Å². The Hall–Kier alpha value is -0.420. The highest BCUT2D eigenvalue weighted by Crippen LogP contribution is 2.28. The van der Waals surface area contributed by atoms with Crippen LogP contribution in [0.3, 0.4) is 0 Å². The number of aliphatic hydroxyl groups is 1. The van der Waals surface area contributed by atoms with Crippen molar-refractivity contribution in [1.82, 2.24) is 0 Å². The zero-order chi connectivity index (χ0) is 12.4. The fourth-order valence-corrected chi connectivity index (χ4v) is 3.20. The lowest BCUT2D eigenvalue weighted by Crippen LogP contribution is -2.03. The van der Waals surface area contributed by atoms with Crippen LogP contribution in [0.1, 0.15) is 16.5 Å². The average Bonchev–Trinajstić information content (AvgIpc) is 2.67. The molecule has 1 unspecified atom stereocenters. The summed E-state index contributed by atoms with van der Waals surface area (Å²) in [4.78, 5) is 0.990. The smallest absolute Gasteiger partial charge is 0.129 e. The Morgan fingerprint density at radius 1 is 1.41 bits per heavy atom. The fourth-order valence-electron chi connectivity index (χ4n) is 1.53. The Balaban J connectivity index is 2.19. The molecule has 1 heterocycles. The molecule has 0 aliphatic heterocycles. The van der Waals surface area contributed by atoms with Crippen LogP contribution in [-0.2, 0) is 6.42 Å². The summed E-state index contributed by atoms with van der Waals surface area (Å²) >= 11 is 10.6. The van der Waals surface area contributed by atoms with Crippen molar-refractivity contribution in [2.75, 3.05) is 0 Å². The molecule has 0 spiro atoms. The molecule has 1 aromatic heterocycles. The second-order valence-electron chi connectivity index (χ2n) is 3.62. The summed E-state index contributed by atoms with van der Waals surface area (Å²) in [5, 5.41) is 12.3. The van der Waals surface area contributed by atoms with Crippen molar-refractivity contribution in [3.63, 3.8) is 0 Å². The third kappa shape index (κ3) is 3.28. The van der Waals surface area contributed by atoms with E-state index in [9.17, 15) is 9.50 Å². The standard InChI is InChI=1S/C12H9BrClFOS/c13-7-3-9(17-6-7)5-12(16)10-4-8(14)1-2-11(10)15/h1-4,6,12,16H,5H2. The van der Waals surface area contributed by atoms with Gasteiger partial charge in [-0.05, 0) is 40.2 Å². The van der Waals surface area contributed by atoms with Crippen LogP contribution in [0.2, 0.25) is 5.02 Å². The molecule has 0 aliphatic rings. The van der Waals surface area contributed by atoms with Gasteiger partial charge in [0.25, 0.3) is 0 Å². The van der Waals surface area contributed by atoms with Gasteiger partial charge in [-0.2, -0.15) is 0 Å². The highest BCUT2D eigenvalue weighted by molar-refractivity contribution is 9.10. The summed E-state index contributed by atoms with van der Waals surface area (Å²) in [7, 11) is 0. The van der Waals surface area contributed by atoms with E-state index >= 15 is 0 Å². The minimum atomic E-state index is -0.876. The van der Waals surface area contributed by atoms with Crippen LogP contribution in [-0.4, -0.2) is 5.11 Å². The first-order valence-electron chi connectivity index (χ1n) is 4.92. The van der Waals surface area contributed by atoms with Crippen LogP contribution < -0.4 is 0 Å². The molecule has 1 nitrogen and oxygen atoms in total. The molecule has 1 aromatic carbocycles. The highest BCUT2D eigenvalue weighted by atomic mass is 79.9. The minimum absolute atomic E-state index is 0.238.